The average molecular weight is 351 g/mol. The summed E-state index contributed by atoms with van der Waals surface area (Å²) in [4.78, 5) is 30.7. The molecule has 25 heavy (non-hydrogen) atoms. The van der Waals surface area contributed by atoms with Gasteiger partial charge in [-0.1, -0.05) is 29.5 Å². The van der Waals surface area contributed by atoms with Crippen LogP contribution in [0.4, 0.5) is 10.8 Å². The minimum atomic E-state index is -0.217. The number of anilines is 2. The number of hydrogen-bond donors (Lipinski definition) is 1. The van der Waals surface area contributed by atoms with Gasteiger partial charge in [0.05, 0.1) is 10.2 Å². The SMILES string of the molecule is Cc1cccc2sc(NC(=O)c3cccc(N4CCCC4=O)c3)nc12. The van der Waals surface area contributed by atoms with Crippen molar-refractivity contribution in [3.05, 3.63) is 53.6 Å². The van der Waals surface area contributed by atoms with Crippen LogP contribution in [0.2, 0.25) is 0 Å². The summed E-state index contributed by atoms with van der Waals surface area (Å²) in [5, 5.41) is 3.45. The molecular weight excluding hydrogens is 334 g/mol. The number of aryl methyl sites for hydroxylation is 1. The Kier molecular flexibility index (Phi) is 3.97. The van der Waals surface area contributed by atoms with Crippen LogP contribution in [0.25, 0.3) is 10.2 Å². The van der Waals surface area contributed by atoms with Crippen molar-refractivity contribution in [2.75, 3.05) is 16.8 Å². The molecule has 0 spiro atoms. The van der Waals surface area contributed by atoms with Gasteiger partial charge in [0.15, 0.2) is 5.13 Å². The summed E-state index contributed by atoms with van der Waals surface area (Å²) < 4.78 is 1.05. The smallest absolute Gasteiger partial charge is 0.257 e. The number of amides is 2. The van der Waals surface area contributed by atoms with Crippen molar-refractivity contribution in [2.45, 2.75) is 19.8 Å². The zero-order valence-corrected chi connectivity index (χ0v) is 14.6. The quantitative estimate of drug-likeness (QED) is 0.776. The Bertz CT molecular complexity index is 980. The monoisotopic (exact) mass is 351 g/mol. The first-order chi connectivity index (χ1) is 12.1. The van der Waals surface area contributed by atoms with Crippen molar-refractivity contribution in [1.29, 1.82) is 0 Å². The highest BCUT2D eigenvalue weighted by atomic mass is 32.1. The number of aromatic nitrogens is 1. The van der Waals surface area contributed by atoms with Crippen LogP contribution >= 0.6 is 11.3 Å². The van der Waals surface area contributed by atoms with E-state index in [1.54, 1.807) is 23.1 Å². The summed E-state index contributed by atoms with van der Waals surface area (Å²) in [5.41, 5.74) is 3.30. The molecule has 1 N–H and O–H groups in total. The molecule has 0 aliphatic carbocycles. The Morgan fingerprint density at radius 3 is 2.84 bits per heavy atom. The van der Waals surface area contributed by atoms with Crippen LogP contribution in [0, 0.1) is 6.92 Å². The number of rotatable bonds is 3. The van der Waals surface area contributed by atoms with Gasteiger partial charge in [-0.2, -0.15) is 0 Å². The van der Waals surface area contributed by atoms with E-state index in [2.05, 4.69) is 10.3 Å². The van der Waals surface area contributed by atoms with Crippen LogP contribution in [-0.4, -0.2) is 23.3 Å². The van der Waals surface area contributed by atoms with Gasteiger partial charge < -0.3 is 4.90 Å². The minimum absolute atomic E-state index is 0.110. The van der Waals surface area contributed by atoms with Crippen LogP contribution in [0.15, 0.2) is 42.5 Å². The molecule has 0 saturated carbocycles. The lowest BCUT2D eigenvalue weighted by Gasteiger charge is -2.16. The van der Waals surface area contributed by atoms with Gasteiger partial charge in [-0.3, -0.25) is 14.9 Å². The number of thiazole rings is 1. The van der Waals surface area contributed by atoms with Gasteiger partial charge in [0.1, 0.15) is 0 Å². The van der Waals surface area contributed by atoms with E-state index in [1.807, 2.05) is 31.2 Å². The summed E-state index contributed by atoms with van der Waals surface area (Å²) >= 11 is 1.46. The molecule has 2 amide bonds. The number of fused-ring (bicyclic) bond motifs is 1. The Balaban J connectivity index is 1.58. The van der Waals surface area contributed by atoms with Gasteiger partial charge >= 0.3 is 0 Å². The number of carbonyl (C=O) groups is 2. The van der Waals surface area contributed by atoms with Gasteiger partial charge in [0.25, 0.3) is 5.91 Å². The van der Waals surface area contributed by atoms with Gasteiger partial charge in [0, 0.05) is 24.2 Å². The predicted octanol–water partition coefficient (Wildman–Crippen LogP) is 3.98. The third kappa shape index (κ3) is 3.00. The van der Waals surface area contributed by atoms with Crippen LogP contribution in [0.1, 0.15) is 28.8 Å². The Labute approximate surface area is 149 Å². The maximum Gasteiger partial charge on any atom is 0.257 e. The standard InChI is InChI=1S/C19H17N3O2S/c1-12-5-2-8-15-17(12)20-19(25-15)21-18(24)13-6-3-7-14(11-13)22-10-4-9-16(22)23/h2-3,5-8,11H,4,9-10H2,1H3,(H,20,21,24). The highest BCUT2D eigenvalue weighted by Gasteiger charge is 2.22. The van der Waals surface area contributed by atoms with Crippen molar-refractivity contribution >= 4 is 44.2 Å². The minimum Gasteiger partial charge on any atom is -0.312 e. The lowest BCUT2D eigenvalue weighted by atomic mass is 10.2. The van der Waals surface area contributed by atoms with E-state index in [4.69, 9.17) is 0 Å². The Hall–Kier alpha value is -2.73. The van der Waals surface area contributed by atoms with Crippen molar-refractivity contribution in [1.82, 2.24) is 4.98 Å². The fourth-order valence-electron chi connectivity index (χ4n) is 3.05. The van der Waals surface area contributed by atoms with Crippen molar-refractivity contribution in [3.8, 4) is 0 Å². The van der Waals surface area contributed by atoms with E-state index in [-0.39, 0.29) is 11.8 Å². The summed E-state index contributed by atoms with van der Waals surface area (Å²) in [6.45, 7) is 2.71. The molecule has 0 bridgehead atoms. The number of para-hydroxylation sites is 1. The van der Waals surface area contributed by atoms with E-state index >= 15 is 0 Å². The lowest BCUT2D eigenvalue weighted by Crippen LogP contribution is -2.24. The molecule has 3 aromatic rings. The van der Waals surface area contributed by atoms with Crippen LogP contribution in [-0.2, 0) is 4.79 Å². The third-order valence-corrected chi connectivity index (χ3v) is 5.27. The third-order valence-electron chi connectivity index (χ3n) is 4.33. The molecule has 1 aliphatic rings. The van der Waals surface area contributed by atoms with Crippen molar-refractivity contribution < 1.29 is 9.59 Å². The number of nitrogens with zero attached hydrogens (tertiary/aromatic N) is 2. The topological polar surface area (TPSA) is 62.3 Å². The molecule has 2 heterocycles. The van der Waals surface area contributed by atoms with Crippen molar-refractivity contribution in [3.63, 3.8) is 0 Å². The second-order valence-electron chi connectivity index (χ2n) is 6.09. The number of hydrogen-bond acceptors (Lipinski definition) is 4. The summed E-state index contributed by atoms with van der Waals surface area (Å²) in [5.74, 6) is -0.107. The largest absolute Gasteiger partial charge is 0.312 e. The summed E-state index contributed by atoms with van der Waals surface area (Å²) in [7, 11) is 0. The Morgan fingerprint density at radius 1 is 1.24 bits per heavy atom. The van der Waals surface area contributed by atoms with E-state index in [9.17, 15) is 9.59 Å². The fraction of sp³-hybridized carbons (Fsp3) is 0.211. The first kappa shape index (κ1) is 15.8. The maximum atomic E-state index is 12.6. The second-order valence-corrected chi connectivity index (χ2v) is 7.12. The van der Waals surface area contributed by atoms with Crippen LogP contribution < -0.4 is 10.2 Å². The summed E-state index contributed by atoms with van der Waals surface area (Å²) in [6.07, 6.45) is 1.43. The van der Waals surface area contributed by atoms with Gasteiger partial charge in [-0.15, -0.1) is 0 Å². The molecular formula is C19H17N3O2S. The lowest BCUT2D eigenvalue weighted by molar-refractivity contribution is -0.117. The first-order valence-electron chi connectivity index (χ1n) is 8.20. The molecule has 5 nitrogen and oxygen atoms in total. The molecule has 0 radical (unpaired) electrons. The van der Waals surface area contributed by atoms with Gasteiger partial charge in [-0.05, 0) is 43.2 Å². The maximum absolute atomic E-state index is 12.6. The zero-order chi connectivity index (χ0) is 17.4. The van der Waals surface area contributed by atoms with E-state index in [0.29, 0.717) is 23.7 Å². The number of benzene rings is 2. The molecule has 2 aromatic carbocycles. The molecule has 0 unspecified atom stereocenters. The Morgan fingerprint density at radius 2 is 2.08 bits per heavy atom. The molecule has 1 aliphatic heterocycles. The first-order valence-corrected chi connectivity index (χ1v) is 9.01. The normalized spacial score (nSPS) is 14.3. The van der Waals surface area contributed by atoms with Crippen molar-refractivity contribution in [2.24, 2.45) is 0 Å². The number of carbonyl (C=O) groups excluding carboxylic acids is 2. The number of nitrogens with one attached hydrogen (secondary N) is 1. The second kappa shape index (κ2) is 6.29. The highest BCUT2D eigenvalue weighted by Crippen LogP contribution is 2.28. The zero-order valence-electron chi connectivity index (χ0n) is 13.8. The molecule has 1 fully saturated rings. The molecule has 4 rings (SSSR count). The van der Waals surface area contributed by atoms with E-state index in [1.165, 1.54) is 11.3 Å². The molecule has 0 atom stereocenters. The molecule has 1 aromatic heterocycles. The van der Waals surface area contributed by atoms with Crippen LogP contribution in [0.5, 0.6) is 0 Å². The predicted molar refractivity (Wildman–Crippen MR) is 100 cm³/mol. The van der Waals surface area contributed by atoms with Gasteiger partial charge in [-0.25, -0.2) is 4.98 Å². The molecule has 1 saturated heterocycles. The van der Waals surface area contributed by atoms with E-state index in [0.717, 1.165) is 27.9 Å². The highest BCUT2D eigenvalue weighted by molar-refractivity contribution is 7.22. The fourth-order valence-corrected chi connectivity index (χ4v) is 3.98. The van der Waals surface area contributed by atoms with E-state index < -0.39 is 0 Å². The van der Waals surface area contributed by atoms with Crippen LogP contribution in [0.3, 0.4) is 0 Å². The van der Waals surface area contributed by atoms with Gasteiger partial charge in [0.2, 0.25) is 5.91 Å². The summed E-state index contributed by atoms with van der Waals surface area (Å²) in [6, 6.07) is 13.2. The molecule has 6 heteroatoms. The molecule has 126 valence electrons. The average Bonchev–Trinajstić information content (AvgIpc) is 3.21.